The van der Waals surface area contributed by atoms with E-state index in [1.807, 2.05) is 44.0 Å². The summed E-state index contributed by atoms with van der Waals surface area (Å²) < 4.78 is 5.50. The van der Waals surface area contributed by atoms with Crippen LogP contribution in [0.5, 0.6) is 0 Å². The van der Waals surface area contributed by atoms with Gasteiger partial charge in [-0.3, -0.25) is 5.10 Å². The molecule has 3 rings (SSSR count). The van der Waals surface area contributed by atoms with Gasteiger partial charge >= 0.3 is 6.09 Å². The Morgan fingerprint density at radius 3 is 3.09 bits per heavy atom. The lowest BCUT2D eigenvalue weighted by atomic mass is 10.2. The maximum Gasteiger partial charge on any atom is 0.410 e. The molecule has 2 aromatic rings. The van der Waals surface area contributed by atoms with Gasteiger partial charge < -0.3 is 15.0 Å². The molecule has 0 radical (unpaired) electrons. The van der Waals surface area contributed by atoms with Crippen LogP contribution in [-0.2, 0) is 4.74 Å². The molecule has 23 heavy (non-hydrogen) atoms. The van der Waals surface area contributed by atoms with Gasteiger partial charge in [0.05, 0.1) is 17.8 Å². The third kappa shape index (κ3) is 3.75. The lowest BCUT2D eigenvalue weighted by Gasteiger charge is -2.29. The summed E-state index contributed by atoms with van der Waals surface area (Å²) >= 11 is 0. The Bertz CT molecular complexity index is 689. The fourth-order valence-electron chi connectivity index (χ4n) is 2.90. The number of aromatic nitrogens is 2. The van der Waals surface area contributed by atoms with Gasteiger partial charge in [0.25, 0.3) is 0 Å². The maximum atomic E-state index is 12.3. The summed E-state index contributed by atoms with van der Waals surface area (Å²) in [6.07, 6.45) is 3.61. The van der Waals surface area contributed by atoms with Crippen LogP contribution in [0.3, 0.4) is 0 Å². The molecule has 1 atom stereocenters. The number of likely N-dealkylation sites (tertiary alicyclic amines) is 1. The fraction of sp³-hybridized carbons (Fsp3) is 0.529. The van der Waals surface area contributed by atoms with Crippen LogP contribution in [0.2, 0.25) is 0 Å². The molecule has 1 aliphatic heterocycles. The third-order valence-electron chi connectivity index (χ3n) is 3.99. The molecule has 0 spiro atoms. The standard InChI is InChI=1S/C17H24N4O2/c1-17(2,3)23-16(22)21-8-4-5-14(21)11-18-13-6-7-15-12(9-13)10-19-20-15/h6-7,9-10,14,18H,4-5,8,11H2,1-3H3,(H,19,20). The summed E-state index contributed by atoms with van der Waals surface area (Å²) in [6, 6.07) is 6.26. The zero-order valence-electron chi connectivity index (χ0n) is 13.9. The number of carbonyl (C=O) groups is 1. The molecule has 1 aromatic heterocycles. The maximum absolute atomic E-state index is 12.3. The Morgan fingerprint density at radius 2 is 2.30 bits per heavy atom. The molecule has 1 saturated heterocycles. The summed E-state index contributed by atoms with van der Waals surface area (Å²) in [4.78, 5) is 14.1. The van der Waals surface area contributed by atoms with E-state index in [9.17, 15) is 4.79 Å². The Hall–Kier alpha value is -2.24. The minimum absolute atomic E-state index is 0.171. The Balaban J connectivity index is 1.61. The molecule has 1 aromatic carbocycles. The van der Waals surface area contributed by atoms with E-state index >= 15 is 0 Å². The molecular formula is C17H24N4O2. The van der Waals surface area contributed by atoms with Crippen molar-refractivity contribution in [2.24, 2.45) is 0 Å². The van der Waals surface area contributed by atoms with Gasteiger partial charge in [0, 0.05) is 24.2 Å². The van der Waals surface area contributed by atoms with Gasteiger partial charge in [-0.2, -0.15) is 5.10 Å². The van der Waals surface area contributed by atoms with Crippen LogP contribution >= 0.6 is 0 Å². The molecule has 1 fully saturated rings. The van der Waals surface area contributed by atoms with Gasteiger partial charge in [0.2, 0.25) is 0 Å². The minimum atomic E-state index is -0.454. The van der Waals surface area contributed by atoms with Gasteiger partial charge in [-0.05, 0) is 51.8 Å². The van der Waals surface area contributed by atoms with Crippen molar-refractivity contribution in [3.63, 3.8) is 0 Å². The molecular weight excluding hydrogens is 292 g/mol. The van der Waals surface area contributed by atoms with Crippen molar-refractivity contribution in [3.8, 4) is 0 Å². The van der Waals surface area contributed by atoms with Crippen molar-refractivity contribution in [3.05, 3.63) is 24.4 Å². The van der Waals surface area contributed by atoms with Crippen LogP contribution in [0.4, 0.5) is 10.5 Å². The zero-order valence-corrected chi connectivity index (χ0v) is 13.9. The molecule has 0 bridgehead atoms. The van der Waals surface area contributed by atoms with Gasteiger partial charge in [0.1, 0.15) is 5.60 Å². The lowest BCUT2D eigenvalue weighted by Crippen LogP contribution is -2.42. The number of benzene rings is 1. The number of H-pyrrole nitrogens is 1. The first-order valence-electron chi connectivity index (χ1n) is 8.09. The van der Waals surface area contributed by atoms with Crippen molar-refractivity contribution in [2.75, 3.05) is 18.4 Å². The van der Waals surface area contributed by atoms with Gasteiger partial charge in [-0.1, -0.05) is 0 Å². The van der Waals surface area contributed by atoms with E-state index in [0.717, 1.165) is 42.5 Å². The number of fused-ring (bicyclic) bond motifs is 1. The second kappa shape index (κ2) is 6.10. The van der Waals surface area contributed by atoms with E-state index in [1.165, 1.54) is 0 Å². The smallest absolute Gasteiger partial charge is 0.410 e. The number of amides is 1. The number of hydrogen-bond donors (Lipinski definition) is 2. The Kier molecular flexibility index (Phi) is 4.15. The van der Waals surface area contributed by atoms with Crippen LogP contribution in [0, 0.1) is 0 Å². The third-order valence-corrected chi connectivity index (χ3v) is 3.99. The first-order valence-corrected chi connectivity index (χ1v) is 8.09. The molecule has 2 N–H and O–H groups in total. The Morgan fingerprint density at radius 1 is 1.48 bits per heavy atom. The minimum Gasteiger partial charge on any atom is -0.444 e. The van der Waals surface area contributed by atoms with Crippen molar-refractivity contribution in [1.82, 2.24) is 15.1 Å². The molecule has 1 amide bonds. The summed E-state index contributed by atoms with van der Waals surface area (Å²) in [5, 5.41) is 11.5. The van der Waals surface area contributed by atoms with Gasteiger partial charge in [-0.15, -0.1) is 0 Å². The first kappa shape index (κ1) is 15.6. The van der Waals surface area contributed by atoms with E-state index in [-0.39, 0.29) is 12.1 Å². The van der Waals surface area contributed by atoms with E-state index in [0.29, 0.717) is 0 Å². The molecule has 1 unspecified atom stereocenters. The summed E-state index contributed by atoms with van der Waals surface area (Å²) in [5.41, 5.74) is 1.60. The van der Waals surface area contributed by atoms with E-state index in [1.54, 1.807) is 0 Å². The summed E-state index contributed by atoms with van der Waals surface area (Å²) in [6.45, 7) is 7.18. The molecule has 0 saturated carbocycles. The first-order chi connectivity index (χ1) is 10.9. The fourth-order valence-corrected chi connectivity index (χ4v) is 2.90. The van der Waals surface area contributed by atoms with Crippen molar-refractivity contribution in [2.45, 2.75) is 45.3 Å². The quantitative estimate of drug-likeness (QED) is 0.911. The number of rotatable bonds is 3. The van der Waals surface area contributed by atoms with Crippen molar-refractivity contribution < 1.29 is 9.53 Å². The van der Waals surface area contributed by atoms with Crippen LogP contribution < -0.4 is 5.32 Å². The number of carbonyl (C=O) groups excluding carboxylic acids is 1. The second-order valence-corrected chi connectivity index (χ2v) is 7.02. The highest BCUT2D eigenvalue weighted by Crippen LogP contribution is 2.22. The zero-order chi connectivity index (χ0) is 16.4. The normalized spacial score (nSPS) is 18.4. The Labute approximate surface area is 136 Å². The number of aromatic amines is 1. The number of ether oxygens (including phenoxy) is 1. The number of nitrogens with one attached hydrogen (secondary N) is 2. The predicted octanol–water partition coefficient (Wildman–Crippen LogP) is 3.37. The molecule has 124 valence electrons. The monoisotopic (exact) mass is 316 g/mol. The van der Waals surface area contributed by atoms with E-state index < -0.39 is 5.60 Å². The van der Waals surface area contributed by atoms with Crippen LogP contribution in [0.1, 0.15) is 33.6 Å². The average molecular weight is 316 g/mol. The molecule has 6 nitrogen and oxygen atoms in total. The predicted molar refractivity (Wildman–Crippen MR) is 90.5 cm³/mol. The summed E-state index contributed by atoms with van der Waals surface area (Å²) in [5.74, 6) is 0. The topological polar surface area (TPSA) is 70.2 Å². The van der Waals surface area contributed by atoms with Crippen LogP contribution in [0.25, 0.3) is 10.9 Å². The number of anilines is 1. The van der Waals surface area contributed by atoms with Crippen molar-refractivity contribution >= 4 is 22.7 Å². The molecule has 0 aliphatic carbocycles. The highest BCUT2D eigenvalue weighted by molar-refractivity contribution is 5.81. The average Bonchev–Trinajstić information content (AvgIpc) is 3.11. The van der Waals surface area contributed by atoms with E-state index in [2.05, 4.69) is 21.6 Å². The number of hydrogen-bond acceptors (Lipinski definition) is 4. The number of nitrogens with zero attached hydrogens (tertiary/aromatic N) is 2. The SMILES string of the molecule is CC(C)(C)OC(=O)N1CCCC1CNc1ccc2[nH]ncc2c1. The van der Waals surface area contributed by atoms with Crippen LogP contribution in [-0.4, -0.2) is 45.9 Å². The largest absolute Gasteiger partial charge is 0.444 e. The second-order valence-electron chi connectivity index (χ2n) is 7.02. The molecule has 2 heterocycles. The lowest BCUT2D eigenvalue weighted by molar-refractivity contribution is 0.0235. The van der Waals surface area contributed by atoms with Gasteiger partial charge in [0.15, 0.2) is 0 Å². The summed E-state index contributed by atoms with van der Waals surface area (Å²) in [7, 11) is 0. The molecule has 1 aliphatic rings. The molecule has 6 heteroatoms. The van der Waals surface area contributed by atoms with Crippen molar-refractivity contribution in [1.29, 1.82) is 0 Å². The highest BCUT2D eigenvalue weighted by Gasteiger charge is 2.31. The van der Waals surface area contributed by atoms with Gasteiger partial charge in [-0.25, -0.2) is 4.79 Å². The highest BCUT2D eigenvalue weighted by atomic mass is 16.6. The van der Waals surface area contributed by atoms with E-state index in [4.69, 9.17) is 4.74 Å². The van der Waals surface area contributed by atoms with Crippen LogP contribution in [0.15, 0.2) is 24.4 Å².